The molecule has 1 aliphatic rings. The van der Waals surface area contributed by atoms with Crippen LogP contribution in [-0.2, 0) is 13.1 Å². The molecule has 1 aromatic heterocycles. The largest absolute Gasteiger partial charge is 0.314 e. The number of aromatic nitrogens is 1. The molecule has 0 aromatic carbocycles. The second-order valence-corrected chi connectivity index (χ2v) is 5.59. The Labute approximate surface area is 121 Å². The Hall–Kier alpha value is -1.01. The third-order valence-electron chi connectivity index (χ3n) is 3.51. The Morgan fingerprint density at radius 3 is 1.90 bits per heavy atom. The molecule has 0 saturated heterocycles. The van der Waals surface area contributed by atoms with Gasteiger partial charge < -0.3 is 21.3 Å². The van der Waals surface area contributed by atoms with Gasteiger partial charge in [0.1, 0.15) is 0 Å². The van der Waals surface area contributed by atoms with Crippen molar-refractivity contribution in [3.8, 4) is 0 Å². The van der Waals surface area contributed by atoms with Gasteiger partial charge in [-0.15, -0.1) is 0 Å². The van der Waals surface area contributed by atoms with Crippen LogP contribution in [0.2, 0.25) is 0 Å². The fraction of sp³-hybridized carbons (Fsp3) is 0.667. The quantitative estimate of drug-likeness (QED) is 0.547. The van der Waals surface area contributed by atoms with E-state index in [2.05, 4.69) is 58.3 Å². The third-order valence-corrected chi connectivity index (χ3v) is 3.51. The molecule has 2 heterocycles. The Morgan fingerprint density at radius 2 is 1.40 bits per heavy atom. The maximum Gasteiger partial charge on any atom is 0.0545 e. The monoisotopic (exact) mass is 277 g/mol. The van der Waals surface area contributed by atoms with Crippen molar-refractivity contribution in [3.05, 3.63) is 29.6 Å². The van der Waals surface area contributed by atoms with Gasteiger partial charge in [0.15, 0.2) is 0 Å². The topological polar surface area (TPSA) is 61.0 Å². The highest BCUT2D eigenvalue weighted by molar-refractivity contribution is 5.11. The number of nitrogens with one attached hydrogen (secondary N) is 4. The molecule has 20 heavy (non-hydrogen) atoms. The maximum absolute atomic E-state index is 4.69. The molecule has 0 spiro atoms. The summed E-state index contributed by atoms with van der Waals surface area (Å²) in [6, 6.07) is 7.15. The molecule has 0 saturated carbocycles. The van der Waals surface area contributed by atoms with E-state index in [0.29, 0.717) is 12.1 Å². The number of rotatable bonds is 0. The number of hydrogen-bond acceptors (Lipinski definition) is 5. The van der Waals surface area contributed by atoms with Gasteiger partial charge in [0.05, 0.1) is 11.4 Å². The van der Waals surface area contributed by atoms with Crippen molar-refractivity contribution in [1.29, 1.82) is 0 Å². The SMILES string of the molecule is C[C@H]1CNCCNC[C@H](C)NCc2cccc(n2)CN1. The molecule has 0 radical (unpaired) electrons. The summed E-state index contributed by atoms with van der Waals surface area (Å²) in [5.74, 6) is 0. The van der Waals surface area contributed by atoms with Crippen LogP contribution >= 0.6 is 0 Å². The first kappa shape index (κ1) is 15.4. The van der Waals surface area contributed by atoms with Gasteiger partial charge in [-0.3, -0.25) is 4.98 Å². The highest BCUT2D eigenvalue weighted by Gasteiger charge is 2.06. The Balaban J connectivity index is 1.97. The molecule has 0 fully saturated rings. The van der Waals surface area contributed by atoms with E-state index >= 15 is 0 Å². The zero-order valence-electron chi connectivity index (χ0n) is 12.6. The summed E-state index contributed by atoms with van der Waals surface area (Å²) in [7, 11) is 0. The number of pyridine rings is 1. The van der Waals surface area contributed by atoms with Crippen molar-refractivity contribution in [2.24, 2.45) is 0 Å². The molecule has 2 atom stereocenters. The maximum atomic E-state index is 4.69. The standard InChI is InChI=1S/C15H27N5/c1-12-8-16-6-7-17-9-13(2)19-11-15-5-3-4-14(20-15)10-18-12/h3-5,12-13,16-19H,6-11H2,1-2H3/t12-,13-/m0/s1. The van der Waals surface area contributed by atoms with Crippen molar-refractivity contribution in [2.45, 2.75) is 39.0 Å². The van der Waals surface area contributed by atoms with E-state index in [0.717, 1.165) is 50.7 Å². The molecule has 5 nitrogen and oxygen atoms in total. The van der Waals surface area contributed by atoms with Gasteiger partial charge >= 0.3 is 0 Å². The minimum absolute atomic E-state index is 0.447. The molecule has 2 rings (SSSR count). The van der Waals surface area contributed by atoms with E-state index in [1.165, 1.54) is 0 Å². The zero-order chi connectivity index (χ0) is 14.2. The predicted octanol–water partition coefficient (Wildman–Crippen LogP) is 0.231. The van der Waals surface area contributed by atoms with Crippen molar-refractivity contribution >= 4 is 0 Å². The molecule has 0 unspecified atom stereocenters. The first-order valence-electron chi connectivity index (χ1n) is 7.57. The first-order valence-corrected chi connectivity index (χ1v) is 7.57. The van der Waals surface area contributed by atoms with Gasteiger partial charge in [-0.05, 0) is 26.0 Å². The molecule has 4 N–H and O–H groups in total. The normalized spacial score (nSPS) is 26.5. The van der Waals surface area contributed by atoms with E-state index in [1.807, 2.05) is 0 Å². The fourth-order valence-electron chi connectivity index (χ4n) is 2.24. The minimum Gasteiger partial charge on any atom is -0.314 e. The summed E-state index contributed by atoms with van der Waals surface area (Å²) in [6.45, 7) is 10.0. The van der Waals surface area contributed by atoms with Crippen LogP contribution in [0.4, 0.5) is 0 Å². The highest BCUT2D eigenvalue weighted by Crippen LogP contribution is 2.00. The summed E-state index contributed by atoms with van der Waals surface area (Å²) < 4.78 is 0. The van der Waals surface area contributed by atoms with E-state index in [-0.39, 0.29) is 0 Å². The lowest BCUT2D eigenvalue weighted by atomic mass is 10.2. The molecule has 2 bridgehead atoms. The van der Waals surface area contributed by atoms with Gasteiger partial charge in [0.2, 0.25) is 0 Å². The fourth-order valence-corrected chi connectivity index (χ4v) is 2.24. The summed E-state index contributed by atoms with van der Waals surface area (Å²) in [4.78, 5) is 4.69. The third kappa shape index (κ3) is 5.54. The number of nitrogens with zero attached hydrogens (tertiary/aromatic N) is 1. The smallest absolute Gasteiger partial charge is 0.0545 e. The van der Waals surface area contributed by atoms with E-state index < -0.39 is 0 Å². The Morgan fingerprint density at radius 1 is 0.900 bits per heavy atom. The van der Waals surface area contributed by atoms with Gasteiger partial charge in [-0.2, -0.15) is 0 Å². The molecular weight excluding hydrogens is 250 g/mol. The van der Waals surface area contributed by atoms with Gasteiger partial charge in [0, 0.05) is 51.4 Å². The lowest BCUT2D eigenvalue weighted by Crippen LogP contribution is -2.40. The van der Waals surface area contributed by atoms with Crippen LogP contribution in [0.5, 0.6) is 0 Å². The van der Waals surface area contributed by atoms with Gasteiger partial charge in [-0.1, -0.05) is 6.07 Å². The number of fused-ring (bicyclic) bond motifs is 2. The Kier molecular flexibility index (Phi) is 6.39. The lowest BCUT2D eigenvalue weighted by molar-refractivity contribution is 0.477. The summed E-state index contributed by atoms with van der Waals surface area (Å²) in [5, 5.41) is 13.9. The molecule has 5 heteroatoms. The van der Waals surface area contributed by atoms with Gasteiger partial charge in [-0.25, -0.2) is 0 Å². The van der Waals surface area contributed by atoms with Crippen molar-refractivity contribution in [2.75, 3.05) is 26.2 Å². The molecule has 112 valence electrons. The molecule has 1 aliphatic heterocycles. The average Bonchev–Trinajstić information content (AvgIpc) is 2.46. The lowest BCUT2D eigenvalue weighted by Gasteiger charge is -2.15. The van der Waals surface area contributed by atoms with E-state index in [9.17, 15) is 0 Å². The van der Waals surface area contributed by atoms with Crippen LogP contribution in [0, 0.1) is 0 Å². The van der Waals surface area contributed by atoms with Crippen LogP contribution in [0.15, 0.2) is 18.2 Å². The van der Waals surface area contributed by atoms with Crippen LogP contribution < -0.4 is 21.3 Å². The minimum atomic E-state index is 0.447. The van der Waals surface area contributed by atoms with Crippen LogP contribution in [-0.4, -0.2) is 43.2 Å². The second kappa shape index (κ2) is 8.32. The molecule has 0 aliphatic carbocycles. The van der Waals surface area contributed by atoms with Crippen molar-refractivity contribution in [3.63, 3.8) is 0 Å². The van der Waals surface area contributed by atoms with E-state index in [1.54, 1.807) is 0 Å². The van der Waals surface area contributed by atoms with E-state index in [4.69, 9.17) is 0 Å². The average molecular weight is 277 g/mol. The Bertz CT molecular complexity index is 362. The zero-order valence-corrected chi connectivity index (χ0v) is 12.6. The van der Waals surface area contributed by atoms with Crippen molar-refractivity contribution < 1.29 is 0 Å². The first-order chi connectivity index (χ1) is 9.74. The van der Waals surface area contributed by atoms with Crippen LogP contribution in [0.25, 0.3) is 0 Å². The summed E-state index contributed by atoms with van der Waals surface area (Å²) in [5.41, 5.74) is 2.22. The molecule has 1 aromatic rings. The molecule has 0 amide bonds. The van der Waals surface area contributed by atoms with Gasteiger partial charge in [0.25, 0.3) is 0 Å². The second-order valence-electron chi connectivity index (χ2n) is 5.59. The van der Waals surface area contributed by atoms with Crippen LogP contribution in [0.3, 0.4) is 0 Å². The van der Waals surface area contributed by atoms with Crippen LogP contribution in [0.1, 0.15) is 25.2 Å². The summed E-state index contributed by atoms with van der Waals surface area (Å²) >= 11 is 0. The number of hydrogen-bond donors (Lipinski definition) is 4. The molecular formula is C15H27N5. The predicted molar refractivity (Wildman–Crippen MR) is 82.6 cm³/mol. The summed E-state index contributed by atoms with van der Waals surface area (Å²) in [6.07, 6.45) is 0. The highest BCUT2D eigenvalue weighted by atomic mass is 15.0. The van der Waals surface area contributed by atoms with Crippen molar-refractivity contribution in [1.82, 2.24) is 26.3 Å².